The van der Waals surface area contributed by atoms with Crippen LogP contribution in [-0.2, 0) is 0 Å². The van der Waals surface area contributed by atoms with E-state index in [9.17, 15) is 4.79 Å². The molecule has 1 heterocycles. The van der Waals surface area contributed by atoms with Crippen LogP contribution in [0.25, 0.3) is 0 Å². The van der Waals surface area contributed by atoms with Gasteiger partial charge in [-0.25, -0.2) is 0 Å². The van der Waals surface area contributed by atoms with Gasteiger partial charge in [0.1, 0.15) is 11.4 Å². The molecule has 0 bridgehead atoms. The third-order valence-corrected chi connectivity index (χ3v) is 2.32. The van der Waals surface area contributed by atoms with E-state index in [0.29, 0.717) is 22.7 Å². The van der Waals surface area contributed by atoms with Gasteiger partial charge in [-0.2, -0.15) is 0 Å². The van der Waals surface area contributed by atoms with Crippen molar-refractivity contribution in [2.75, 3.05) is 12.8 Å². The summed E-state index contributed by atoms with van der Waals surface area (Å²) in [7, 11) is 1.53. The van der Waals surface area contributed by atoms with Crippen LogP contribution in [0.5, 0.6) is 5.75 Å². The normalized spacial score (nSPS) is 9.94. The van der Waals surface area contributed by atoms with Crippen molar-refractivity contribution < 1.29 is 9.53 Å². The number of hydrogen-bond acceptors (Lipinski definition) is 4. The van der Waals surface area contributed by atoms with Crippen molar-refractivity contribution in [2.45, 2.75) is 0 Å². The highest BCUT2D eigenvalue weighted by Gasteiger charge is 2.11. The van der Waals surface area contributed by atoms with Gasteiger partial charge in [-0.15, -0.1) is 0 Å². The van der Waals surface area contributed by atoms with Crippen LogP contribution in [0.4, 0.5) is 5.69 Å². The molecule has 4 nitrogen and oxygen atoms in total. The van der Waals surface area contributed by atoms with E-state index in [4.69, 9.17) is 10.5 Å². The van der Waals surface area contributed by atoms with Crippen LogP contribution in [0.15, 0.2) is 42.6 Å². The number of benzene rings is 1. The molecule has 0 aliphatic heterocycles. The maximum Gasteiger partial charge on any atom is 0.211 e. The van der Waals surface area contributed by atoms with Crippen molar-refractivity contribution in [1.29, 1.82) is 0 Å². The molecule has 0 fully saturated rings. The lowest BCUT2D eigenvalue weighted by atomic mass is 10.1. The summed E-state index contributed by atoms with van der Waals surface area (Å²) in [6.07, 6.45) is 1.58. The van der Waals surface area contributed by atoms with Crippen LogP contribution in [-0.4, -0.2) is 17.9 Å². The Balaban J connectivity index is 2.41. The first-order valence-electron chi connectivity index (χ1n) is 5.11. The fourth-order valence-corrected chi connectivity index (χ4v) is 1.52. The molecule has 0 spiro atoms. The quantitative estimate of drug-likeness (QED) is 0.643. The van der Waals surface area contributed by atoms with Crippen LogP contribution in [0, 0.1) is 0 Å². The molecule has 0 amide bonds. The number of hydrogen-bond donors (Lipinski definition) is 1. The lowest BCUT2D eigenvalue weighted by molar-refractivity contribution is 0.103. The smallest absolute Gasteiger partial charge is 0.211 e. The van der Waals surface area contributed by atoms with Gasteiger partial charge >= 0.3 is 0 Å². The molecule has 86 valence electrons. The first kappa shape index (κ1) is 11.1. The SMILES string of the molecule is COc1cc(N)cc(C(=O)c2ccccn2)c1. The number of ketones is 1. The van der Waals surface area contributed by atoms with Crippen LogP contribution in [0.1, 0.15) is 16.1 Å². The van der Waals surface area contributed by atoms with E-state index >= 15 is 0 Å². The first-order chi connectivity index (χ1) is 8.20. The largest absolute Gasteiger partial charge is 0.497 e. The zero-order valence-corrected chi connectivity index (χ0v) is 9.38. The van der Waals surface area contributed by atoms with E-state index < -0.39 is 0 Å². The number of carbonyl (C=O) groups excluding carboxylic acids is 1. The summed E-state index contributed by atoms with van der Waals surface area (Å²) < 4.78 is 5.07. The van der Waals surface area contributed by atoms with E-state index in [1.54, 1.807) is 42.6 Å². The summed E-state index contributed by atoms with van der Waals surface area (Å²) in [5.41, 5.74) is 7.05. The van der Waals surface area contributed by atoms with Crippen molar-refractivity contribution >= 4 is 11.5 Å². The Bertz CT molecular complexity index is 538. The molecule has 2 N–H and O–H groups in total. The van der Waals surface area contributed by atoms with Crippen molar-refractivity contribution in [3.63, 3.8) is 0 Å². The summed E-state index contributed by atoms with van der Waals surface area (Å²) >= 11 is 0. The third kappa shape index (κ3) is 2.42. The first-order valence-corrected chi connectivity index (χ1v) is 5.11. The molecule has 1 aromatic carbocycles. The van der Waals surface area contributed by atoms with Gasteiger partial charge in [-0.05, 0) is 24.3 Å². The second-order valence-electron chi connectivity index (χ2n) is 3.54. The number of anilines is 1. The van der Waals surface area contributed by atoms with Gasteiger partial charge in [0.2, 0.25) is 5.78 Å². The zero-order chi connectivity index (χ0) is 12.3. The number of aromatic nitrogens is 1. The van der Waals surface area contributed by atoms with Crippen molar-refractivity contribution in [1.82, 2.24) is 4.98 Å². The van der Waals surface area contributed by atoms with Crippen molar-refractivity contribution in [3.05, 3.63) is 53.9 Å². The van der Waals surface area contributed by atoms with Gasteiger partial charge in [-0.3, -0.25) is 9.78 Å². The van der Waals surface area contributed by atoms with Crippen LogP contribution < -0.4 is 10.5 Å². The third-order valence-electron chi connectivity index (χ3n) is 2.32. The van der Waals surface area contributed by atoms with E-state index in [1.807, 2.05) is 0 Å². The van der Waals surface area contributed by atoms with Gasteiger partial charge < -0.3 is 10.5 Å². The Hall–Kier alpha value is -2.36. The molecule has 2 aromatic rings. The lowest BCUT2D eigenvalue weighted by Gasteiger charge is -2.05. The maximum absolute atomic E-state index is 12.1. The molecule has 4 heteroatoms. The maximum atomic E-state index is 12.1. The minimum Gasteiger partial charge on any atom is -0.497 e. The van der Waals surface area contributed by atoms with E-state index in [-0.39, 0.29) is 5.78 Å². The molecular formula is C13H12N2O2. The van der Waals surface area contributed by atoms with Crippen LogP contribution >= 0.6 is 0 Å². The lowest BCUT2D eigenvalue weighted by Crippen LogP contribution is -2.04. The number of pyridine rings is 1. The zero-order valence-electron chi connectivity index (χ0n) is 9.38. The average Bonchev–Trinajstić information content (AvgIpc) is 2.38. The summed E-state index contributed by atoms with van der Waals surface area (Å²) in [6, 6.07) is 10.1. The van der Waals surface area contributed by atoms with E-state index in [2.05, 4.69) is 4.98 Å². The van der Waals surface area contributed by atoms with Crippen molar-refractivity contribution in [3.8, 4) is 5.75 Å². The average molecular weight is 228 g/mol. The predicted octanol–water partition coefficient (Wildman–Crippen LogP) is 1.90. The Kier molecular flexibility index (Phi) is 3.05. The molecule has 0 aliphatic rings. The Labute approximate surface area is 99.1 Å². The standard InChI is InChI=1S/C13H12N2O2/c1-17-11-7-9(6-10(14)8-11)13(16)12-4-2-3-5-15-12/h2-8H,14H2,1H3. The molecular weight excluding hydrogens is 216 g/mol. The molecule has 0 saturated heterocycles. The monoisotopic (exact) mass is 228 g/mol. The van der Waals surface area contributed by atoms with E-state index in [1.165, 1.54) is 7.11 Å². The van der Waals surface area contributed by atoms with Gasteiger partial charge in [0.15, 0.2) is 0 Å². The molecule has 2 rings (SSSR count). The van der Waals surface area contributed by atoms with Gasteiger partial charge in [-0.1, -0.05) is 6.07 Å². The molecule has 0 saturated carbocycles. The fraction of sp³-hybridized carbons (Fsp3) is 0.0769. The van der Waals surface area contributed by atoms with Gasteiger partial charge in [0.25, 0.3) is 0 Å². The highest BCUT2D eigenvalue weighted by atomic mass is 16.5. The number of nitrogens with zero attached hydrogens (tertiary/aromatic N) is 1. The summed E-state index contributed by atoms with van der Waals surface area (Å²) in [5.74, 6) is 0.389. The number of carbonyl (C=O) groups is 1. The topological polar surface area (TPSA) is 65.2 Å². The number of ether oxygens (including phenoxy) is 1. The second-order valence-corrected chi connectivity index (χ2v) is 3.54. The van der Waals surface area contributed by atoms with Crippen LogP contribution in [0.3, 0.4) is 0 Å². The number of rotatable bonds is 3. The molecule has 0 aliphatic carbocycles. The van der Waals surface area contributed by atoms with Gasteiger partial charge in [0, 0.05) is 23.5 Å². The fourth-order valence-electron chi connectivity index (χ4n) is 1.52. The second kappa shape index (κ2) is 4.65. The van der Waals surface area contributed by atoms with Crippen LogP contribution in [0.2, 0.25) is 0 Å². The summed E-state index contributed by atoms with van der Waals surface area (Å²) in [4.78, 5) is 16.1. The molecule has 0 unspecified atom stereocenters. The number of methoxy groups -OCH3 is 1. The highest BCUT2D eigenvalue weighted by Crippen LogP contribution is 2.20. The van der Waals surface area contributed by atoms with Crippen molar-refractivity contribution in [2.24, 2.45) is 0 Å². The van der Waals surface area contributed by atoms with E-state index in [0.717, 1.165) is 0 Å². The minimum absolute atomic E-state index is 0.170. The molecule has 0 atom stereocenters. The number of nitrogen functional groups attached to an aromatic ring is 1. The highest BCUT2D eigenvalue weighted by molar-refractivity contribution is 6.08. The molecule has 17 heavy (non-hydrogen) atoms. The minimum atomic E-state index is -0.170. The Morgan fingerprint density at radius 3 is 2.76 bits per heavy atom. The Morgan fingerprint density at radius 1 is 1.29 bits per heavy atom. The summed E-state index contributed by atoms with van der Waals surface area (Å²) in [5, 5.41) is 0. The number of nitrogens with two attached hydrogens (primary N) is 1. The molecule has 0 radical (unpaired) electrons. The van der Waals surface area contributed by atoms with Gasteiger partial charge in [0.05, 0.1) is 7.11 Å². The predicted molar refractivity (Wildman–Crippen MR) is 65.1 cm³/mol. The summed E-state index contributed by atoms with van der Waals surface area (Å²) in [6.45, 7) is 0. The Morgan fingerprint density at radius 2 is 2.12 bits per heavy atom. The molecule has 1 aromatic heterocycles.